The summed E-state index contributed by atoms with van der Waals surface area (Å²) in [7, 11) is -3.64. The molecule has 1 aliphatic rings. The first-order valence-corrected chi connectivity index (χ1v) is 8.96. The SMILES string of the molecule is Cc1cc(C)c(S(=O)(=O)N2CCN(C(C)C)C(=O)C2)c(C)c1. The maximum atomic E-state index is 12.9. The number of amides is 1. The second-order valence-corrected chi connectivity index (χ2v) is 8.12. The Labute approximate surface area is 133 Å². The van der Waals surface area contributed by atoms with Gasteiger partial charge in [-0.05, 0) is 45.7 Å². The summed E-state index contributed by atoms with van der Waals surface area (Å²) < 4.78 is 27.1. The summed E-state index contributed by atoms with van der Waals surface area (Å²) in [6.07, 6.45) is 0. The van der Waals surface area contributed by atoms with Crippen LogP contribution in [0.25, 0.3) is 0 Å². The Hall–Kier alpha value is -1.40. The molecular weight excluding hydrogens is 300 g/mol. The van der Waals surface area contributed by atoms with Crippen molar-refractivity contribution in [2.75, 3.05) is 19.6 Å². The van der Waals surface area contributed by atoms with E-state index in [9.17, 15) is 13.2 Å². The highest BCUT2D eigenvalue weighted by Gasteiger charge is 2.35. The molecule has 1 amide bonds. The lowest BCUT2D eigenvalue weighted by Crippen LogP contribution is -2.54. The number of rotatable bonds is 3. The first-order valence-electron chi connectivity index (χ1n) is 7.52. The third-order valence-electron chi connectivity index (χ3n) is 4.05. The van der Waals surface area contributed by atoms with Crippen molar-refractivity contribution < 1.29 is 13.2 Å². The van der Waals surface area contributed by atoms with Gasteiger partial charge in [0, 0.05) is 19.1 Å². The van der Waals surface area contributed by atoms with Crippen molar-refractivity contribution in [2.45, 2.75) is 45.6 Å². The van der Waals surface area contributed by atoms with Gasteiger partial charge in [-0.25, -0.2) is 8.42 Å². The molecule has 1 aromatic carbocycles. The van der Waals surface area contributed by atoms with Crippen LogP contribution in [0.4, 0.5) is 0 Å². The minimum atomic E-state index is -3.64. The van der Waals surface area contributed by atoms with Crippen molar-refractivity contribution in [3.8, 4) is 0 Å². The quantitative estimate of drug-likeness (QED) is 0.852. The highest BCUT2D eigenvalue weighted by molar-refractivity contribution is 7.89. The Bertz CT molecular complexity index is 672. The van der Waals surface area contributed by atoms with Crippen LogP contribution >= 0.6 is 0 Å². The van der Waals surface area contributed by atoms with Crippen LogP contribution in [0.15, 0.2) is 17.0 Å². The van der Waals surface area contributed by atoms with Crippen LogP contribution in [0.5, 0.6) is 0 Å². The zero-order chi connectivity index (χ0) is 16.7. The predicted octanol–water partition coefficient (Wildman–Crippen LogP) is 1.85. The van der Waals surface area contributed by atoms with E-state index in [1.54, 1.807) is 18.7 Å². The molecule has 0 aromatic heterocycles. The van der Waals surface area contributed by atoms with E-state index in [2.05, 4.69) is 0 Å². The van der Waals surface area contributed by atoms with Gasteiger partial charge >= 0.3 is 0 Å². The lowest BCUT2D eigenvalue weighted by molar-refractivity contribution is -0.135. The topological polar surface area (TPSA) is 57.7 Å². The van der Waals surface area contributed by atoms with Crippen LogP contribution in [0.1, 0.15) is 30.5 Å². The molecule has 0 spiro atoms. The molecule has 1 saturated heterocycles. The van der Waals surface area contributed by atoms with Gasteiger partial charge in [0.25, 0.3) is 0 Å². The Kier molecular flexibility index (Phi) is 4.63. The average Bonchev–Trinajstić information content (AvgIpc) is 2.36. The number of piperazine rings is 1. The van der Waals surface area contributed by atoms with E-state index >= 15 is 0 Å². The standard InChI is InChI=1S/C16H24N2O3S/c1-11(2)18-7-6-17(10-15(18)19)22(20,21)16-13(4)8-12(3)9-14(16)5/h8-9,11H,6-7,10H2,1-5H3. The minimum absolute atomic E-state index is 0.0761. The zero-order valence-electron chi connectivity index (χ0n) is 13.9. The summed E-state index contributed by atoms with van der Waals surface area (Å²) in [5.41, 5.74) is 2.50. The van der Waals surface area contributed by atoms with E-state index in [-0.39, 0.29) is 18.5 Å². The van der Waals surface area contributed by atoms with Crippen LogP contribution < -0.4 is 0 Å². The fourth-order valence-corrected chi connectivity index (χ4v) is 4.91. The van der Waals surface area contributed by atoms with E-state index < -0.39 is 10.0 Å². The highest BCUT2D eigenvalue weighted by atomic mass is 32.2. The van der Waals surface area contributed by atoms with Crippen LogP contribution in [0.3, 0.4) is 0 Å². The summed E-state index contributed by atoms with van der Waals surface area (Å²) >= 11 is 0. The van der Waals surface area contributed by atoms with Crippen LogP contribution in [-0.2, 0) is 14.8 Å². The maximum absolute atomic E-state index is 12.9. The predicted molar refractivity (Wildman–Crippen MR) is 86.3 cm³/mol. The molecule has 1 heterocycles. The van der Waals surface area contributed by atoms with Gasteiger partial charge in [-0.2, -0.15) is 4.31 Å². The van der Waals surface area contributed by atoms with Crippen molar-refractivity contribution in [3.05, 3.63) is 28.8 Å². The molecule has 0 atom stereocenters. The van der Waals surface area contributed by atoms with E-state index in [0.29, 0.717) is 18.0 Å². The summed E-state index contributed by atoms with van der Waals surface area (Å²) in [6, 6.07) is 3.83. The molecule has 0 radical (unpaired) electrons. The number of benzene rings is 1. The normalized spacial score (nSPS) is 17.4. The number of hydrogen-bond donors (Lipinski definition) is 0. The smallest absolute Gasteiger partial charge is 0.244 e. The van der Waals surface area contributed by atoms with Gasteiger partial charge in [0.1, 0.15) is 0 Å². The van der Waals surface area contributed by atoms with Crippen molar-refractivity contribution in [3.63, 3.8) is 0 Å². The van der Waals surface area contributed by atoms with Crippen LogP contribution in [-0.4, -0.2) is 49.2 Å². The highest BCUT2D eigenvalue weighted by Crippen LogP contribution is 2.26. The molecular formula is C16H24N2O3S. The van der Waals surface area contributed by atoms with Crippen molar-refractivity contribution in [2.24, 2.45) is 0 Å². The fourth-order valence-electron chi connectivity index (χ4n) is 3.12. The summed E-state index contributed by atoms with van der Waals surface area (Å²) in [4.78, 5) is 14.2. The molecule has 122 valence electrons. The molecule has 0 bridgehead atoms. The number of aryl methyl sites for hydroxylation is 3. The molecule has 1 aliphatic heterocycles. The van der Waals surface area contributed by atoms with Gasteiger partial charge in [-0.15, -0.1) is 0 Å². The van der Waals surface area contributed by atoms with Crippen molar-refractivity contribution in [1.29, 1.82) is 0 Å². The number of nitrogens with zero attached hydrogens (tertiary/aromatic N) is 2. The van der Waals surface area contributed by atoms with Gasteiger partial charge < -0.3 is 4.90 Å². The van der Waals surface area contributed by atoms with Gasteiger partial charge in [0.2, 0.25) is 15.9 Å². The minimum Gasteiger partial charge on any atom is -0.338 e. The Morgan fingerprint density at radius 3 is 2.05 bits per heavy atom. The summed E-state index contributed by atoms with van der Waals surface area (Å²) in [5, 5.41) is 0. The van der Waals surface area contributed by atoms with Crippen molar-refractivity contribution >= 4 is 15.9 Å². The molecule has 2 rings (SSSR count). The number of sulfonamides is 1. The van der Waals surface area contributed by atoms with Gasteiger partial charge in [0.05, 0.1) is 11.4 Å². The first kappa shape index (κ1) is 17.0. The monoisotopic (exact) mass is 324 g/mol. The molecule has 1 aromatic rings. The second kappa shape index (κ2) is 6.01. The summed E-state index contributed by atoms with van der Waals surface area (Å²) in [6.45, 7) is 10.2. The summed E-state index contributed by atoms with van der Waals surface area (Å²) in [5.74, 6) is -0.132. The van der Waals surface area contributed by atoms with Gasteiger partial charge in [-0.3, -0.25) is 4.79 Å². The van der Waals surface area contributed by atoms with E-state index in [1.165, 1.54) is 4.31 Å². The average molecular weight is 324 g/mol. The molecule has 0 aliphatic carbocycles. The molecule has 6 heteroatoms. The molecule has 0 saturated carbocycles. The second-order valence-electron chi connectivity index (χ2n) is 6.25. The lowest BCUT2D eigenvalue weighted by atomic mass is 10.1. The van der Waals surface area contributed by atoms with E-state index in [0.717, 1.165) is 16.7 Å². The lowest BCUT2D eigenvalue weighted by Gasteiger charge is -2.36. The number of hydrogen-bond acceptors (Lipinski definition) is 3. The van der Waals surface area contributed by atoms with E-state index in [1.807, 2.05) is 32.9 Å². The first-order chi connectivity index (χ1) is 10.1. The van der Waals surface area contributed by atoms with Gasteiger partial charge in [-0.1, -0.05) is 17.7 Å². The fraction of sp³-hybridized carbons (Fsp3) is 0.562. The molecule has 1 fully saturated rings. The maximum Gasteiger partial charge on any atom is 0.244 e. The van der Waals surface area contributed by atoms with E-state index in [4.69, 9.17) is 0 Å². The Morgan fingerprint density at radius 1 is 1.05 bits per heavy atom. The van der Waals surface area contributed by atoms with Crippen LogP contribution in [0, 0.1) is 20.8 Å². The largest absolute Gasteiger partial charge is 0.338 e. The van der Waals surface area contributed by atoms with Gasteiger partial charge in [0.15, 0.2) is 0 Å². The Morgan fingerprint density at radius 2 is 1.59 bits per heavy atom. The molecule has 0 unspecified atom stereocenters. The molecule has 22 heavy (non-hydrogen) atoms. The molecule has 5 nitrogen and oxygen atoms in total. The Balaban J connectivity index is 2.35. The third-order valence-corrected chi connectivity index (χ3v) is 6.20. The number of carbonyl (C=O) groups is 1. The zero-order valence-corrected chi connectivity index (χ0v) is 14.7. The third kappa shape index (κ3) is 3.03. The number of carbonyl (C=O) groups excluding carboxylic acids is 1. The van der Waals surface area contributed by atoms with Crippen LogP contribution in [0.2, 0.25) is 0 Å². The van der Waals surface area contributed by atoms with Crippen molar-refractivity contribution in [1.82, 2.24) is 9.21 Å². The molecule has 0 N–H and O–H groups in total.